The first kappa shape index (κ1) is 16.4. The first-order chi connectivity index (χ1) is 9.27. The van der Waals surface area contributed by atoms with Crippen molar-refractivity contribution in [1.82, 2.24) is 5.32 Å². The summed E-state index contributed by atoms with van der Waals surface area (Å²) < 4.78 is 10.1. The molecule has 0 spiro atoms. The molecular weight excluding hydrogens is 242 g/mol. The van der Waals surface area contributed by atoms with E-state index in [2.05, 4.69) is 5.32 Å². The molecule has 1 aliphatic rings. The molecule has 2 atom stereocenters. The summed E-state index contributed by atoms with van der Waals surface area (Å²) in [5.41, 5.74) is 0. The lowest BCUT2D eigenvalue weighted by atomic mass is 9.85. The van der Waals surface area contributed by atoms with Crippen molar-refractivity contribution in [1.29, 1.82) is 0 Å². The van der Waals surface area contributed by atoms with Crippen molar-refractivity contribution in [2.24, 2.45) is 5.92 Å². The second-order valence-corrected chi connectivity index (χ2v) is 5.32. The van der Waals surface area contributed by atoms with Crippen molar-refractivity contribution >= 4 is 5.97 Å². The summed E-state index contributed by atoms with van der Waals surface area (Å²) in [6, 6.07) is 0.491. The molecule has 4 heteroatoms. The molecule has 4 nitrogen and oxygen atoms in total. The molecule has 0 radical (unpaired) electrons. The zero-order chi connectivity index (χ0) is 13.9. The van der Waals surface area contributed by atoms with E-state index in [1.54, 1.807) is 7.11 Å². The van der Waals surface area contributed by atoms with Gasteiger partial charge >= 0.3 is 5.97 Å². The highest BCUT2D eigenvalue weighted by Gasteiger charge is 2.27. The van der Waals surface area contributed by atoms with Crippen molar-refractivity contribution in [3.05, 3.63) is 0 Å². The Kier molecular flexibility index (Phi) is 8.84. The van der Waals surface area contributed by atoms with Crippen molar-refractivity contribution in [3.63, 3.8) is 0 Å². The maximum Gasteiger partial charge on any atom is 0.308 e. The second kappa shape index (κ2) is 10.2. The van der Waals surface area contributed by atoms with Crippen LogP contribution in [0, 0.1) is 5.92 Å². The monoisotopic (exact) mass is 271 g/mol. The van der Waals surface area contributed by atoms with E-state index in [0.29, 0.717) is 12.6 Å². The number of hydrogen-bond acceptors (Lipinski definition) is 4. The van der Waals surface area contributed by atoms with Crippen molar-refractivity contribution in [2.75, 3.05) is 26.9 Å². The number of unbranched alkanes of at least 4 members (excludes halogenated alkanes) is 2. The minimum Gasteiger partial charge on any atom is -0.466 e. The van der Waals surface area contributed by atoms with E-state index in [4.69, 9.17) is 9.47 Å². The Morgan fingerprint density at radius 1 is 1.26 bits per heavy atom. The molecule has 1 saturated carbocycles. The Labute approximate surface area is 117 Å². The summed E-state index contributed by atoms with van der Waals surface area (Å²) in [6.07, 6.45) is 7.77. The van der Waals surface area contributed by atoms with E-state index < -0.39 is 0 Å². The quantitative estimate of drug-likeness (QED) is 0.517. The number of methoxy groups -OCH3 is 1. The fourth-order valence-electron chi connectivity index (χ4n) is 2.70. The van der Waals surface area contributed by atoms with Crippen LogP contribution in [0.3, 0.4) is 0 Å². The molecule has 1 rings (SSSR count). The molecule has 0 bridgehead atoms. The molecule has 0 aromatic heterocycles. The molecule has 0 heterocycles. The predicted octanol–water partition coefficient (Wildman–Crippen LogP) is 2.51. The Bertz CT molecular complexity index is 246. The Hall–Kier alpha value is -0.610. The summed E-state index contributed by atoms with van der Waals surface area (Å²) in [5.74, 6) is 0.105. The van der Waals surface area contributed by atoms with E-state index in [9.17, 15) is 4.79 Å². The lowest BCUT2D eigenvalue weighted by Gasteiger charge is -2.28. The summed E-state index contributed by atoms with van der Waals surface area (Å²) in [4.78, 5) is 11.7. The zero-order valence-corrected chi connectivity index (χ0v) is 12.5. The minimum atomic E-state index is -0.00547. The molecule has 112 valence electrons. The summed E-state index contributed by atoms with van der Waals surface area (Å²) >= 11 is 0. The van der Waals surface area contributed by atoms with Gasteiger partial charge in [-0.2, -0.15) is 0 Å². The van der Waals surface area contributed by atoms with Gasteiger partial charge in [0.1, 0.15) is 0 Å². The van der Waals surface area contributed by atoms with Crippen LogP contribution in [-0.4, -0.2) is 38.9 Å². The molecule has 0 amide bonds. The van der Waals surface area contributed by atoms with Crippen LogP contribution in [0.1, 0.15) is 51.9 Å². The van der Waals surface area contributed by atoms with Gasteiger partial charge in [0.05, 0.1) is 12.5 Å². The number of nitrogens with one attached hydrogen (secondary N) is 1. The van der Waals surface area contributed by atoms with Crippen molar-refractivity contribution in [2.45, 2.75) is 57.9 Å². The van der Waals surface area contributed by atoms with Gasteiger partial charge in [0.2, 0.25) is 0 Å². The van der Waals surface area contributed by atoms with Crippen LogP contribution < -0.4 is 5.32 Å². The van der Waals surface area contributed by atoms with Gasteiger partial charge in [0.25, 0.3) is 0 Å². The maximum absolute atomic E-state index is 11.7. The number of hydrogen-bond donors (Lipinski definition) is 1. The van der Waals surface area contributed by atoms with Gasteiger partial charge in [-0.05, 0) is 52.0 Å². The number of carbonyl (C=O) groups is 1. The molecule has 1 fully saturated rings. The molecule has 2 unspecified atom stereocenters. The van der Waals surface area contributed by atoms with E-state index >= 15 is 0 Å². The fraction of sp³-hybridized carbons (Fsp3) is 0.933. The van der Waals surface area contributed by atoms with Crippen LogP contribution in [0.5, 0.6) is 0 Å². The lowest BCUT2D eigenvalue weighted by molar-refractivity contribution is -0.149. The Morgan fingerprint density at radius 2 is 2.11 bits per heavy atom. The van der Waals surface area contributed by atoms with Gasteiger partial charge < -0.3 is 14.8 Å². The summed E-state index contributed by atoms with van der Waals surface area (Å²) in [6.45, 7) is 4.27. The topological polar surface area (TPSA) is 47.6 Å². The standard InChI is InChI=1S/C15H29NO3/c1-3-19-15(17)13-8-7-9-14(12-13)16-10-5-4-6-11-18-2/h13-14,16H,3-12H2,1-2H3. The van der Waals surface area contributed by atoms with Crippen molar-refractivity contribution in [3.8, 4) is 0 Å². The average molecular weight is 271 g/mol. The molecule has 19 heavy (non-hydrogen) atoms. The number of esters is 1. The predicted molar refractivity (Wildman–Crippen MR) is 76.1 cm³/mol. The molecule has 0 aromatic rings. The van der Waals surface area contributed by atoms with Gasteiger partial charge in [-0.3, -0.25) is 4.79 Å². The first-order valence-corrected chi connectivity index (χ1v) is 7.66. The number of carbonyl (C=O) groups excluding carboxylic acids is 1. The highest BCUT2D eigenvalue weighted by atomic mass is 16.5. The van der Waals surface area contributed by atoms with Crippen LogP contribution in [-0.2, 0) is 14.3 Å². The SMILES string of the molecule is CCOC(=O)C1CCCC(NCCCCCOC)C1. The third-order valence-corrected chi connectivity index (χ3v) is 3.75. The highest BCUT2D eigenvalue weighted by molar-refractivity contribution is 5.72. The maximum atomic E-state index is 11.7. The highest BCUT2D eigenvalue weighted by Crippen LogP contribution is 2.25. The Balaban J connectivity index is 2.11. The summed E-state index contributed by atoms with van der Waals surface area (Å²) in [5, 5.41) is 3.58. The number of rotatable bonds is 9. The van der Waals surface area contributed by atoms with Gasteiger partial charge in [0, 0.05) is 19.8 Å². The first-order valence-electron chi connectivity index (χ1n) is 7.66. The van der Waals surface area contributed by atoms with E-state index in [-0.39, 0.29) is 11.9 Å². The van der Waals surface area contributed by atoms with Crippen LogP contribution in [0.2, 0.25) is 0 Å². The number of ether oxygens (including phenoxy) is 2. The van der Waals surface area contributed by atoms with Crippen LogP contribution in [0.15, 0.2) is 0 Å². The van der Waals surface area contributed by atoms with Crippen LogP contribution >= 0.6 is 0 Å². The van der Waals surface area contributed by atoms with Crippen LogP contribution in [0.25, 0.3) is 0 Å². The summed E-state index contributed by atoms with van der Waals surface area (Å²) in [7, 11) is 1.75. The second-order valence-electron chi connectivity index (χ2n) is 5.32. The van der Waals surface area contributed by atoms with Crippen LogP contribution in [0.4, 0.5) is 0 Å². The smallest absolute Gasteiger partial charge is 0.308 e. The largest absolute Gasteiger partial charge is 0.466 e. The molecule has 0 saturated heterocycles. The van der Waals surface area contributed by atoms with Gasteiger partial charge in [-0.15, -0.1) is 0 Å². The molecule has 0 aliphatic heterocycles. The van der Waals surface area contributed by atoms with E-state index in [1.165, 1.54) is 19.3 Å². The molecule has 0 aromatic carbocycles. The minimum absolute atomic E-state index is 0.00547. The van der Waals surface area contributed by atoms with Gasteiger partial charge in [0.15, 0.2) is 0 Å². The third kappa shape index (κ3) is 6.92. The van der Waals surface area contributed by atoms with Gasteiger partial charge in [-0.1, -0.05) is 6.42 Å². The normalized spacial score (nSPS) is 23.3. The average Bonchev–Trinajstić information content (AvgIpc) is 2.43. The van der Waals surface area contributed by atoms with Crippen molar-refractivity contribution < 1.29 is 14.3 Å². The third-order valence-electron chi connectivity index (χ3n) is 3.75. The molecule has 1 aliphatic carbocycles. The fourth-order valence-corrected chi connectivity index (χ4v) is 2.70. The molecular formula is C15H29NO3. The Morgan fingerprint density at radius 3 is 2.84 bits per heavy atom. The van der Waals surface area contributed by atoms with Gasteiger partial charge in [-0.25, -0.2) is 0 Å². The van der Waals surface area contributed by atoms with E-state index in [0.717, 1.165) is 38.8 Å². The zero-order valence-electron chi connectivity index (χ0n) is 12.5. The van der Waals surface area contributed by atoms with E-state index in [1.807, 2.05) is 6.92 Å². The lowest BCUT2D eigenvalue weighted by Crippen LogP contribution is -2.37. The molecule has 1 N–H and O–H groups in total.